The van der Waals surface area contributed by atoms with E-state index in [-0.39, 0.29) is 18.1 Å². The van der Waals surface area contributed by atoms with Crippen molar-refractivity contribution in [3.8, 4) is 0 Å². The first-order chi connectivity index (χ1) is 15.0. The third kappa shape index (κ3) is 5.34. The van der Waals surface area contributed by atoms with Gasteiger partial charge in [0.25, 0.3) is 5.91 Å². The number of aryl methyl sites for hydroxylation is 1. The minimum atomic E-state index is -0.0642. The van der Waals surface area contributed by atoms with Gasteiger partial charge in [-0.2, -0.15) is 0 Å². The van der Waals surface area contributed by atoms with Crippen molar-refractivity contribution in [1.82, 2.24) is 10.3 Å². The number of carbonyl (C=O) groups excluding carboxylic acids is 1. The summed E-state index contributed by atoms with van der Waals surface area (Å²) in [5.74, 6) is -0.0642. The first-order valence-corrected chi connectivity index (χ1v) is 12.1. The molecule has 0 spiro atoms. The first-order valence-electron chi connectivity index (χ1n) is 10.4. The Kier molecular flexibility index (Phi) is 7.05. The number of benzene rings is 2. The number of anilines is 2. The summed E-state index contributed by atoms with van der Waals surface area (Å²) in [5.41, 5.74) is 2.92. The molecule has 1 fully saturated rings. The maximum Gasteiger partial charge on any atom is 0.263 e. The third-order valence-electron chi connectivity index (χ3n) is 5.57. The Morgan fingerprint density at radius 3 is 2.68 bits per heavy atom. The maximum absolute atomic E-state index is 13.0. The standard InChI is InChI=1S/C24H26BrN3O2S/c1-16-22(31-24(26-16)28(2)19-13-11-18(25)12-14-19)23(29)27-20-9-6-10-21(20)30-15-17-7-4-3-5-8-17/h3-5,7-8,11-14,20-21H,6,9-10,15H2,1-2H3,(H,27,29)/t20-,21-/m1/s1. The minimum Gasteiger partial charge on any atom is -0.371 e. The van der Waals surface area contributed by atoms with Crippen molar-refractivity contribution >= 4 is 44.0 Å². The van der Waals surface area contributed by atoms with Crippen LogP contribution in [-0.2, 0) is 11.3 Å². The van der Waals surface area contributed by atoms with Gasteiger partial charge in [-0.3, -0.25) is 4.79 Å². The molecule has 0 unspecified atom stereocenters. The molecule has 162 valence electrons. The highest BCUT2D eigenvalue weighted by Crippen LogP contribution is 2.32. The largest absolute Gasteiger partial charge is 0.371 e. The van der Waals surface area contributed by atoms with Crippen molar-refractivity contribution in [3.05, 3.63) is 75.2 Å². The molecular formula is C24H26BrN3O2S. The Balaban J connectivity index is 1.40. The number of hydrogen-bond acceptors (Lipinski definition) is 5. The van der Waals surface area contributed by atoms with Crippen molar-refractivity contribution in [2.24, 2.45) is 0 Å². The predicted molar refractivity (Wildman–Crippen MR) is 129 cm³/mol. The quantitative estimate of drug-likeness (QED) is 0.442. The second-order valence-electron chi connectivity index (χ2n) is 7.79. The molecule has 1 N–H and O–H groups in total. The second kappa shape index (κ2) is 9.94. The number of rotatable bonds is 7. The molecule has 1 aliphatic carbocycles. The molecule has 1 aliphatic rings. The van der Waals surface area contributed by atoms with E-state index in [0.717, 1.165) is 45.8 Å². The lowest BCUT2D eigenvalue weighted by atomic mass is 10.2. The van der Waals surface area contributed by atoms with Crippen LogP contribution in [0.25, 0.3) is 0 Å². The van der Waals surface area contributed by atoms with Crippen molar-refractivity contribution in [2.75, 3.05) is 11.9 Å². The van der Waals surface area contributed by atoms with Crippen molar-refractivity contribution in [3.63, 3.8) is 0 Å². The van der Waals surface area contributed by atoms with Crippen LogP contribution in [-0.4, -0.2) is 30.1 Å². The Morgan fingerprint density at radius 2 is 1.94 bits per heavy atom. The average Bonchev–Trinajstić information content (AvgIpc) is 3.39. The van der Waals surface area contributed by atoms with Gasteiger partial charge in [-0.1, -0.05) is 57.6 Å². The zero-order valence-electron chi connectivity index (χ0n) is 17.7. The number of ether oxygens (including phenoxy) is 1. The van der Waals surface area contributed by atoms with Gasteiger partial charge in [0.15, 0.2) is 5.13 Å². The molecule has 1 amide bonds. The molecule has 0 saturated heterocycles. The number of nitrogens with one attached hydrogen (secondary N) is 1. The molecule has 1 aromatic heterocycles. The van der Waals surface area contributed by atoms with Crippen LogP contribution in [0.15, 0.2) is 59.1 Å². The fourth-order valence-corrected chi connectivity index (χ4v) is 5.03. The molecule has 2 atom stereocenters. The average molecular weight is 500 g/mol. The summed E-state index contributed by atoms with van der Waals surface area (Å²) in [7, 11) is 1.97. The van der Waals surface area contributed by atoms with Gasteiger partial charge in [0.05, 0.1) is 24.4 Å². The van der Waals surface area contributed by atoms with Gasteiger partial charge < -0.3 is 15.0 Å². The Labute approximate surface area is 195 Å². The fourth-order valence-electron chi connectivity index (χ4n) is 3.81. The summed E-state index contributed by atoms with van der Waals surface area (Å²) < 4.78 is 7.17. The fraction of sp³-hybridized carbons (Fsp3) is 0.333. The molecule has 0 bridgehead atoms. The van der Waals surface area contributed by atoms with Gasteiger partial charge in [0.2, 0.25) is 0 Å². The van der Waals surface area contributed by atoms with E-state index in [1.165, 1.54) is 11.3 Å². The van der Waals surface area contributed by atoms with E-state index in [9.17, 15) is 4.79 Å². The van der Waals surface area contributed by atoms with Crippen molar-refractivity contribution < 1.29 is 9.53 Å². The highest BCUT2D eigenvalue weighted by atomic mass is 79.9. The summed E-state index contributed by atoms with van der Waals surface area (Å²) in [4.78, 5) is 20.3. The van der Waals surface area contributed by atoms with Crippen molar-refractivity contribution in [2.45, 2.75) is 44.9 Å². The summed E-state index contributed by atoms with van der Waals surface area (Å²) in [6, 6.07) is 18.2. The zero-order valence-corrected chi connectivity index (χ0v) is 20.1. The summed E-state index contributed by atoms with van der Waals surface area (Å²) in [6.45, 7) is 2.46. The van der Waals surface area contributed by atoms with Crippen LogP contribution in [0.2, 0.25) is 0 Å². The second-order valence-corrected chi connectivity index (χ2v) is 9.69. The third-order valence-corrected chi connectivity index (χ3v) is 7.33. The smallest absolute Gasteiger partial charge is 0.263 e. The molecule has 4 rings (SSSR count). The monoisotopic (exact) mass is 499 g/mol. The molecule has 0 aliphatic heterocycles. The number of nitrogens with zero attached hydrogens (tertiary/aromatic N) is 2. The lowest BCUT2D eigenvalue weighted by molar-refractivity contribution is 0.0272. The highest BCUT2D eigenvalue weighted by Gasteiger charge is 2.30. The van der Waals surface area contributed by atoms with Gasteiger partial charge in [-0.25, -0.2) is 4.98 Å². The molecule has 0 radical (unpaired) electrons. The van der Waals surface area contributed by atoms with E-state index in [2.05, 4.69) is 38.4 Å². The minimum absolute atomic E-state index is 0.0327. The van der Waals surface area contributed by atoms with Crippen LogP contribution in [0.3, 0.4) is 0 Å². The topological polar surface area (TPSA) is 54.5 Å². The number of halogens is 1. The van der Waals surface area contributed by atoms with E-state index in [1.807, 2.05) is 61.3 Å². The Hall–Kier alpha value is -2.22. The number of hydrogen-bond donors (Lipinski definition) is 1. The SMILES string of the molecule is Cc1nc(N(C)c2ccc(Br)cc2)sc1C(=O)N[C@@H]1CCC[C@H]1OCc1ccccc1. The van der Waals surface area contributed by atoms with Gasteiger partial charge in [0, 0.05) is 17.2 Å². The first kappa shape index (κ1) is 22.0. The number of amides is 1. The highest BCUT2D eigenvalue weighted by molar-refractivity contribution is 9.10. The number of aromatic nitrogens is 1. The van der Waals surface area contributed by atoms with Crippen LogP contribution in [0.5, 0.6) is 0 Å². The molecule has 3 aromatic rings. The molecule has 7 heteroatoms. The van der Waals surface area contributed by atoms with Crippen molar-refractivity contribution in [1.29, 1.82) is 0 Å². The van der Waals surface area contributed by atoms with Gasteiger partial charge in [0.1, 0.15) is 4.88 Å². The van der Waals surface area contributed by atoms with E-state index in [1.54, 1.807) is 0 Å². The summed E-state index contributed by atoms with van der Waals surface area (Å²) in [6.07, 6.45) is 3.01. The van der Waals surface area contributed by atoms with E-state index in [4.69, 9.17) is 4.74 Å². The molecular weight excluding hydrogens is 474 g/mol. The van der Waals surface area contributed by atoms with E-state index < -0.39 is 0 Å². The molecule has 5 nitrogen and oxygen atoms in total. The summed E-state index contributed by atoms with van der Waals surface area (Å²) in [5, 5.41) is 4.00. The van der Waals surface area contributed by atoms with Crippen LogP contribution >= 0.6 is 27.3 Å². The van der Waals surface area contributed by atoms with Crippen LogP contribution in [0.4, 0.5) is 10.8 Å². The molecule has 2 aromatic carbocycles. The molecule has 1 saturated carbocycles. The predicted octanol–water partition coefficient (Wildman–Crippen LogP) is 5.85. The zero-order chi connectivity index (χ0) is 21.8. The van der Waals surface area contributed by atoms with Crippen LogP contribution < -0.4 is 10.2 Å². The number of thiazole rings is 1. The number of carbonyl (C=O) groups is 1. The van der Waals surface area contributed by atoms with E-state index in [0.29, 0.717) is 11.5 Å². The van der Waals surface area contributed by atoms with Gasteiger partial charge in [-0.15, -0.1) is 0 Å². The normalized spacial score (nSPS) is 18.2. The molecule has 31 heavy (non-hydrogen) atoms. The van der Waals surface area contributed by atoms with Crippen LogP contribution in [0.1, 0.15) is 40.2 Å². The maximum atomic E-state index is 13.0. The van der Waals surface area contributed by atoms with Gasteiger partial charge >= 0.3 is 0 Å². The van der Waals surface area contributed by atoms with Gasteiger partial charge in [-0.05, 0) is 56.0 Å². The lowest BCUT2D eigenvalue weighted by Gasteiger charge is -2.21. The Bertz CT molecular complexity index is 1020. The lowest BCUT2D eigenvalue weighted by Crippen LogP contribution is -2.41. The van der Waals surface area contributed by atoms with Crippen LogP contribution in [0, 0.1) is 6.92 Å². The Morgan fingerprint density at radius 1 is 1.19 bits per heavy atom. The summed E-state index contributed by atoms with van der Waals surface area (Å²) >= 11 is 4.88. The molecule has 1 heterocycles. The van der Waals surface area contributed by atoms with E-state index >= 15 is 0 Å².